The van der Waals surface area contributed by atoms with Gasteiger partial charge in [-0.3, -0.25) is 0 Å². The summed E-state index contributed by atoms with van der Waals surface area (Å²) >= 11 is 4.86. The number of nitrogens with two attached hydrogens (primary N) is 1. The van der Waals surface area contributed by atoms with E-state index in [0.29, 0.717) is 11.7 Å². The second-order valence-electron chi connectivity index (χ2n) is 2.96. The summed E-state index contributed by atoms with van der Waals surface area (Å²) in [5, 5.41) is 3.55. The van der Waals surface area contributed by atoms with Crippen LogP contribution < -0.4 is 16.6 Å². The van der Waals surface area contributed by atoms with Gasteiger partial charge < -0.3 is 15.5 Å². The Hall–Kier alpha value is -0.390. The molecule has 1 heterocycles. The fraction of sp³-hybridized carbons (Fsp3) is 0.833. The predicted octanol–water partition coefficient (Wildman–Crippen LogP) is -0.497. The minimum atomic E-state index is -0.0382. The van der Waals surface area contributed by atoms with Gasteiger partial charge in [0.2, 0.25) is 0 Å². The number of rotatable bonds is 1. The van der Waals surface area contributed by atoms with Gasteiger partial charge in [0, 0.05) is 6.61 Å². The highest BCUT2D eigenvalue weighted by atomic mass is 32.1. The van der Waals surface area contributed by atoms with Crippen LogP contribution in [0.2, 0.25) is 0 Å². The van der Waals surface area contributed by atoms with Crippen molar-refractivity contribution in [2.24, 2.45) is 5.84 Å². The Labute approximate surface area is 71.4 Å². The third kappa shape index (κ3) is 2.28. The molecule has 0 amide bonds. The first kappa shape index (κ1) is 8.70. The lowest BCUT2D eigenvalue weighted by molar-refractivity contribution is 0.177. The third-order valence-electron chi connectivity index (χ3n) is 1.77. The predicted molar refractivity (Wildman–Crippen MR) is 46.9 cm³/mol. The summed E-state index contributed by atoms with van der Waals surface area (Å²) in [6.45, 7) is 3.54. The molecule has 1 saturated heterocycles. The Bertz CT molecular complexity index is 156. The van der Waals surface area contributed by atoms with Gasteiger partial charge >= 0.3 is 0 Å². The maximum absolute atomic E-state index is 5.21. The highest BCUT2D eigenvalue weighted by Crippen LogP contribution is 2.16. The van der Waals surface area contributed by atoms with Gasteiger partial charge in [0.25, 0.3) is 0 Å². The van der Waals surface area contributed by atoms with Crippen LogP contribution in [-0.4, -0.2) is 23.9 Å². The molecule has 1 fully saturated rings. The van der Waals surface area contributed by atoms with Crippen molar-refractivity contribution >= 4 is 17.3 Å². The third-order valence-corrected chi connectivity index (χ3v) is 1.99. The van der Waals surface area contributed by atoms with Gasteiger partial charge in [0.1, 0.15) is 0 Å². The normalized spacial score (nSPS) is 30.0. The highest BCUT2D eigenvalue weighted by molar-refractivity contribution is 7.80. The first-order valence-electron chi connectivity index (χ1n) is 3.53. The molecule has 1 aliphatic rings. The molecule has 0 radical (unpaired) electrons. The molecule has 0 aliphatic carbocycles. The highest BCUT2D eigenvalue weighted by Gasteiger charge is 2.29. The van der Waals surface area contributed by atoms with Crippen molar-refractivity contribution in [1.82, 2.24) is 10.7 Å². The lowest BCUT2D eigenvalue weighted by Crippen LogP contribution is -2.52. The summed E-state index contributed by atoms with van der Waals surface area (Å²) in [4.78, 5) is 0. The van der Waals surface area contributed by atoms with Crippen LogP contribution in [0.5, 0.6) is 0 Å². The van der Waals surface area contributed by atoms with E-state index >= 15 is 0 Å². The number of thiocarbonyl (C=S) groups is 1. The molecule has 5 heteroatoms. The number of hydrazine groups is 1. The molecular weight excluding hydrogens is 162 g/mol. The molecule has 0 bridgehead atoms. The molecule has 1 atom stereocenters. The SMILES string of the molecule is CC1(NC(=S)NN)CCOC1. The first-order valence-corrected chi connectivity index (χ1v) is 3.94. The summed E-state index contributed by atoms with van der Waals surface area (Å²) in [6, 6.07) is 0. The number of hydrogen-bond donors (Lipinski definition) is 3. The molecule has 64 valence electrons. The van der Waals surface area contributed by atoms with Gasteiger partial charge in [-0.15, -0.1) is 0 Å². The standard InChI is InChI=1S/C6H13N3OS/c1-6(2-3-10-4-6)8-5(11)9-7/h2-4,7H2,1H3,(H2,8,9,11). The number of nitrogens with one attached hydrogen (secondary N) is 2. The van der Waals surface area contributed by atoms with Gasteiger partial charge in [-0.2, -0.15) is 0 Å². The number of ether oxygens (including phenoxy) is 1. The van der Waals surface area contributed by atoms with Crippen molar-refractivity contribution in [3.8, 4) is 0 Å². The molecule has 0 aromatic carbocycles. The topological polar surface area (TPSA) is 59.3 Å². The zero-order chi connectivity index (χ0) is 8.32. The van der Waals surface area contributed by atoms with Crippen molar-refractivity contribution in [2.45, 2.75) is 18.9 Å². The summed E-state index contributed by atoms with van der Waals surface area (Å²) in [5.41, 5.74) is 2.34. The minimum Gasteiger partial charge on any atom is -0.379 e. The van der Waals surface area contributed by atoms with Crippen LogP contribution in [0.3, 0.4) is 0 Å². The van der Waals surface area contributed by atoms with Crippen LogP contribution in [0, 0.1) is 0 Å². The van der Waals surface area contributed by atoms with Crippen LogP contribution >= 0.6 is 12.2 Å². The summed E-state index contributed by atoms with van der Waals surface area (Å²) in [5.74, 6) is 5.11. The van der Waals surface area contributed by atoms with E-state index in [1.807, 2.05) is 0 Å². The Morgan fingerprint density at radius 2 is 2.45 bits per heavy atom. The van der Waals surface area contributed by atoms with Crippen molar-refractivity contribution in [3.05, 3.63) is 0 Å². The van der Waals surface area contributed by atoms with E-state index in [2.05, 4.69) is 17.7 Å². The molecule has 0 saturated carbocycles. The Balaban J connectivity index is 2.39. The molecular formula is C6H13N3OS. The smallest absolute Gasteiger partial charge is 0.181 e. The molecule has 1 aliphatic heterocycles. The van der Waals surface area contributed by atoms with Crippen molar-refractivity contribution < 1.29 is 4.74 Å². The van der Waals surface area contributed by atoms with E-state index < -0.39 is 0 Å². The molecule has 0 spiro atoms. The average molecular weight is 175 g/mol. The molecule has 4 nitrogen and oxygen atoms in total. The van der Waals surface area contributed by atoms with Gasteiger partial charge in [0.05, 0.1) is 12.1 Å². The zero-order valence-corrected chi connectivity index (χ0v) is 7.33. The van der Waals surface area contributed by atoms with Crippen molar-refractivity contribution in [1.29, 1.82) is 0 Å². The maximum Gasteiger partial charge on any atom is 0.181 e. The Kier molecular flexibility index (Phi) is 2.64. The van der Waals surface area contributed by atoms with E-state index in [1.165, 1.54) is 0 Å². The van der Waals surface area contributed by atoms with Crippen molar-refractivity contribution in [2.75, 3.05) is 13.2 Å². The summed E-state index contributed by atoms with van der Waals surface area (Å²) in [6.07, 6.45) is 0.967. The molecule has 11 heavy (non-hydrogen) atoms. The van der Waals surface area contributed by atoms with Gasteiger partial charge in [-0.05, 0) is 25.6 Å². The monoisotopic (exact) mass is 175 g/mol. The molecule has 1 rings (SSSR count). The molecule has 4 N–H and O–H groups in total. The lowest BCUT2D eigenvalue weighted by Gasteiger charge is -2.24. The molecule has 0 aromatic rings. The van der Waals surface area contributed by atoms with E-state index in [-0.39, 0.29) is 5.54 Å². The fourth-order valence-electron chi connectivity index (χ4n) is 1.08. The van der Waals surface area contributed by atoms with Crippen LogP contribution in [0.1, 0.15) is 13.3 Å². The fourth-order valence-corrected chi connectivity index (χ4v) is 1.32. The second-order valence-corrected chi connectivity index (χ2v) is 3.37. The van der Waals surface area contributed by atoms with Gasteiger partial charge in [-0.1, -0.05) is 0 Å². The summed E-state index contributed by atoms with van der Waals surface area (Å²) in [7, 11) is 0. The first-order chi connectivity index (χ1) is 5.16. The lowest BCUT2D eigenvalue weighted by atomic mass is 10.0. The van der Waals surface area contributed by atoms with Crippen molar-refractivity contribution in [3.63, 3.8) is 0 Å². The van der Waals surface area contributed by atoms with E-state index in [0.717, 1.165) is 13.0 Å². The molecule has 0 aromatic heterocycles. The maximum atomic E-state index is 5.21. The quantitative estimate of drug-likeness (QED) is 0.285. The van der Waals surface area contributed by atoms with Gasteiger partial charge in [0.15, 0.2) is 5.11 Å². The van der Waals surface area contributed by atoms with E-state index in [1.54, 1.807) is 0 Å². The average Bonchev–Trinajstić information content (AvgIpc) is 2.36. The Morgan fingerprint density at radius 1 is 1.73 bits per heavy atom. The van der Waals surface area contributed by atoms with E-state index in [4.69, 9.17) is 22.8 Å². The summed E-state index contributed by atoms with van der Waals surface area (Å²) < 4.78 is 5.21. The second kappa shape index (κ2) is 3.34. The van der Waals surface area contributed by atoms with Crippen LogP contribution in [0.15, 0.2) is 0 Å². The largest absolute Gasteiger partial charge is 0.379 e. The van der Waals surface area contributed by atoms with Crippen LogP contribution in [0.4, 0.5) is 0 Å². The van der Waals surface area contributed by atoms with E-state index in [9.17, 15) is 0 Å². The van der Waals surface area contributed by atoms with Crippen LogP contribution in [-0.2, 0) is 4.74 Å². The van der Waals surface area contributed by atoms with Gasteiger partial charge in [-0.25, -0.2) is 5.84 Å². The number of hydrogen-bond acceptors (Lipinski definition) is 3. The van der Waals surface area contributed by atoms with Crippen LogP contribution in [0.25, 0.3) is 0 Å². The minimum absolute atomic E-state index is 0.0382. The zero-order valence-electron chi connectivity index (χ0n) is 6.52. The Morgan fingerprint density at radius 3 is 2.91 bits per heavy atom. The molecule has 1 unspecified atom stereocenters.